The number of amides is 2. The monoisotopic (exact) mass is 465 g/mol. The van der Waals surface area contributed by atoms with Gasteiger partial charge in [-0.25, -0.2) is 4.79 Å². The summed E-state index contributed by atoms with van der Waals surface area (Å²) in [7, 11) is 0. The van der Waals surface area contributed by atoms with Gasteiger partial charge in [0.2, 0.25) is 0 Å². The van der Waals surface area contributed by atoms with Crippen LogP contribution >= 0.6 is 0 Å². The van der Waals surface area contributed by atoms with Crippen LogP contribution in [0.2, 0.25) is 0 Å². The van der Waals surface area contributed by atoms with Crippen LogP contribution in [0.25, 0.3) is 0 Å². The average molecular weight is 466 g/mol. The van der Waals surface area contributed by atoms with Crippen LogP contribution in [0.1, 0.15) is 35.3 Å². The summed E-state index contributed by atoms with van der Waals surface area (Å²) in [5.41, 5.74) is 9.70. The van der Waals surface area contributed by atoms with Gasteiger partial charge in [0, 0.05) is 69.1 Å². The maximum absolute atomic E-state index is 13.1. The van der Waals surface area contributed by atoms with Crippen molar-refractivity contribution in [2.24, 2.45) is 5.92 Å². The van der Waals surface area contributed by atoms with Gasteiger partial charge in [-0.05, 0) is 43.5 Å². The first kappa shape index (κ1) is 22.3. The number of fused-ring (bicyclic) bond motifs is 4. The highest BCUT2D eigenvalue weighted by Gasteiger charge is 2.35. The molecule has 2 fully saturated rings. The Morgan fingerprint density at radius 1 is 1.03 bits per heavy atom. The summed E-state index contributed by atoms with van der Waals surface area (Å²) in [5.74, 6) is 0.603. The molecule has 9 heteroatoms. The summed E-state index contributed by atoms with van der Waals surface area (Å²) in [4.78, 5) is 42.9. The van der Waals surface area contributed by atoms with Gasteiger partial charge < -0.3 is 29.7 Å². The van der Waals surface area contributed by atoms with E-state index in [2.05, 4.69) is 11.0 Å². The van der Waals surface area contributed by atoms with E-state index in [1.807, 2.05) is 22.8 Å². The lowest BCUT2D eigenvalue weighted by Gasteiger charge is -2.44. The lowest BCUT2D eigenvalue weighted by molar-refractivity contribution is 0.0570. The van der Waals surface area contributed by atoms with E-state index in [1.165, 1.54) is 0 Å². The zero-order valence-electron chi connectivity index (χ0n) is 19.5. The Morgan fingerprint density at radius 2 is 1.79 bits per heavy atom. The van der Waals surface area contributed by atoms with Crippen molar-refractivity contribution >= 4 is 23.4 Å². The number of carbonyl (C=O) groups is 2. The highest BCUT2D eigenvalue weighted by Crippen LogP contribution is 2.38. The van der Waals surface area contributed by atoms with E-state index in [-0.39, 0.29) is 23.5 Å². The van der Waals surface area contributed by atoms with Crippen molar-refractivity contribution in [1.82, 2.24) is 14.4 Å². The Kier molecular flexibility index (Phi) is 5.93. The van der Waals surface area contributed by atoms with Crippen molar-refractivity contribution in [3.63, 3.8) is 0 Å². The molecule has 1 aromatic carbocycles. The van der Waals surface area contributed by atoms with Crippen molar-refractivity contribution in [3.8, 4) is 0 Å². The van der Waals surface area contributed by atoms with Gasteiger partial charge in [0.25, 0.3) is 11.5 Å². The molecule has 2 unspecified atom stereocenters. The maximum Gasteiger partial charge on any atom is 0.409 e. The number of nitrogen functional groups attached to an aromatic ring is 1. The van der Waals surface area contributed by atoms with E-state index < -0.39 is 0 Å². The minimum atomic E-state index is -0.331. The molecule has 0 aliphatic carbocycles. The molecule has 2 amide bonds. The lowest BCUT2D eigenvalue weighted by atomic mass is 9.83. The molecule has 1 aromatic heterocycles. The van der Waals surface area contributed by atoms with Crippen LogP contribution in [-0.2, 0) is 11.3 Å². The van der Waals surface area contributed by atoms with Crippen molar-refractivity contribution in [2.45, 2.75) is 25.8 Å². The third-order valence-corrected chi connectivity index (χ3v) is 7.19. The van der Waals surface area contributed by atoms with Gasteiger partial charge in [0.15, 0.2) is 0 Å². The second-order valence-electron chi connectivity index (χ2n) is 9.35. The van der Waals surface area contributed by atoms with Crippen LogP contribution in [0.15, 0.2) is 41.2 Å². The fourth-order valence-electron chi connectivity index (χ4n) is 5.56. The second-order valence-corrected chi connectivity index (χ2v) is 9.35. The van der Waals surface area contributed by atoms with Crippen molar-refractivity contribution in [3.05, 3.63) is 58.0 Å². The number of hydrogen-bond acceptors (Lipinski definition) is 6. The number of aromatic nitrogens is 1. The first-order valence-corrected chi connectivity index (χ1v) is 12.0. The molecule has 3 aliphatic rings. The number of piperazine rings is 1. The molecule has 0 saturated carbocycles. The highest BCUT2D eigenvalue weighted by molar-refractivity contribution is 5.96. The molecule has 2 N–H and O–H groups in total. The van der Waals surface area contributed by atoms with Crippen LogP contribution in [0.3, 0.4) is 0 Å². The second kappa shape index (κ2) is 9.04. The molecule has 2 saturated heterocycles. The summed E-state index contributed by atoms with van der Waals surface area (Å²) in [6.45, 7) is 6.34. The van der Waals surface area contributed by atoms with Gasteiger partial charge in [0.05, 0.1) is 18.0 Å². The van der Waals surface area contributed by atoms with Gasteiger partial charge in [-0.3, -0.25) is 9.59 Å². The number of carbonyl (C=O) groups excluding carboxylic acids is 2. The van der Waals surface area contributed by atoms with Crippen LogP contribution in [0, 0.1) is 5.92 Å². The predicted molar refractivity (Wildman–Crippen MR) is 129 cm³/mol. The fourth-order valence-corrected chi connectivity index (χ4v) is 5.56. The minimum Gasteiger partial charge on any atom is -0.450 e. The predicted octanol–water partition coefficient (Wildman–Crippen LogP) is 1.97. The number of nitrogens with zero attached hydrogens (tertiary/aromatic N) is 4. The molecule has 2 atom stereocenters. The Hall–Kier alpha value is -3.49. The zero-order valence-corrected chi connectivity index (χ0v) is 19.5. The number of piperidine rings is 1. The lowest BCUT2D eigenvalue weighted by Crippen LogP contribution is -2.50. The summed E-state index contributed by atoms with van der Waals surface area (Å²) in [6.07, 6.45) is 0.746. The van der Waals surface area contributed by atoms with Gasteiger partial charge in [-0.2, -0.15) is 0 Å². The number of rotatable bonds is 3. The summed E-state index contributed by atoms with van der Waals surface area (Å²) in [5, 5.41) is 0. The Balaban J connectivity index is 1.27. The van der Waals surface area contributed by atoms with Gasteiger partial charge in [-0.15, -0.1) is 0 Å². The van der Waals surface area contributed by atoms with Crippen LogP contribution in [0.5, 0.6) is 0 Å². The topological polar surface area (TPSA) is 101 Å². The first-order valence-electron chi connectivity index (χ1n) is 12.0. The van der Waals surface area contributed by atoms with Crippen molar-refractivity contribution in [2.75, 3.05) is 56.5 Å². The van der Waals surface area contributed by atoms with Crippen molar-refractivity contribution < 1.29 is 14.3 Å². The smallest absolute Gasteiger partial charge is 0.409 e. The molecule has 9 nitrogen and oxygen atoms in total. The molecule has 4 heterocycles. The third kappa shape index (κ3) is 4.10. The SMILES string of the molecule is CCOC(=O)N1CCN(C(=O)c2ccc(N3CC4CC(C3)c3cccc(=O)n3C4)c(N)c2)CC1. The number of ether oxygens (including phenoxy) is 1. The quantitative estimate of drug-likeness (QED) is 0.696. The Labute approximate surface area is 198 Å². The van der Waals surface area contributed by atoms with E-state index in [4.69, 9.17) is 10.5 Å². The molecule has 2 aromatic rings. The Bertz CT molecular complexity index is 1150. The largest absolute Gasteiger partial charge is 0.450 e. The Morgan fingerprint density at radius 3 is 2.53 bits per heavy atom. The molecular formula is C25H31N5O4. The number of hydrogen-bond donors (Lipinski definition) is 1. The summed E-state index contributed by atoms with van der Waals surface area (Å²) < 4.78 is 6.97. The van der Waals surface area contributed by atoms with E-state index in [0.717, 1.165) is 37.4 Å². The van der Waals surface area contributed by atoms with Crippen molar-refractivity contribution in [1.29, 1.82) is 0 Å². The zero-order chi connectivity index (χ0) is 23.8. The van der Waals surface area contributed by atoms with E-state index >= 15 is 0 Å². The van der Waals surface area contributed by atoms with Gasteiger partial charge in [-0.1, -0.05) is 6.07 Å². The van der Waals surface area contributed by atoms with Gasteiger partial charge in [0.1, 0.15) is 0 Å². The number of nitrogens with two attached hydrogens (primary N) is 1. The number of anilines is 2. The molecule has 2 bridgehead atoms. The number of benzene rings is 1. The molecule has 0 radical (unpaired) electrons. The van der Waals surface area contributed by atoms with E-state index in [1.54, 1.807) is 28.9 Å². The molecule has 180 valence electrons. The van der Waals surface area contributed by atoms with E-state index in [0.29, 0.717) is 50.0 Å². The normalized spacial score (nSPS) is 21.7. The molecular weight excluding hydrogens is 434 g/mol. The molecule has 0 spiro atoms. The molecule has 5 rings (SSSR count). The number of pyridine rings is 1. The highest BCUT2D eigenvalue weighted by atomic mass is 16.6. The molecule has 3 aliphatic heterocycles. The van der Waals surface area contributed by atoms with E-state index in [9.17, 15) is 14.4 Å². The summed E-state index contributed by atoms with van der Waals surface area (Å²) in [6, 6.07) is 11.1. The maximum atomic E-state index is 13.1. The van der Waals surface area contributed by atoms with Gasteiger partial charge >= 0.3 is 6.09 Å². The fraction of sp³-hybridized carbons (Fsp3) is 0.480. The van der Waals surface area contributed by atoms with Crippen LogP contribution < -0.4 is 16.2 Å². The standard InChI is InChI=1S/C25H31N5O4/c1-2-34-25(33)28-10-8-27(9-11-28)24(32)18-6-7-22(20(26)13-18)29-14-17-12-19(16-29)21-4-3-5-23(31)30(21)15-17/h3-7,13,17,19H,2,8-12,14-16,26H2,1H3. The molecule has 34 heavy (non-hydrogen) atoms. The average Bonchev–Trinajstić information content (AvgIpc) is 2.84. The minimum absolute atomic E-state index is 0.0751. The summed E-state index contributed by atoms with van der Waals surface area (Å²) >= 11 is 0. The van der Waals surface area contributed by atoms with Crippen LogP contribution in [0.4, 0.5) is 16.2 Å². The van der Waals surface area contributed by atoms with Crippen LogP contribution in [-0.4, -0.2) is 72.2 Å². The first-order chi connectivity index (χ1) is 16.4. The third-order valence-electron chi connectivity index (χ3n) is 7.19.